The zero-order valence-corrected chi connectivity index (χ0v) is 19.4. The number of hydrogen-bond acceptors (Lipinski definition) is 5. The highest BCUT2D eigenvalue weighted by atomic mass is 19.1. The van der Waals surface area contributed by atoms with E-state index >= 15 is 0 Å². The Morgan fingerprint density at radius 3 is 2.47 bits per heavy atom. The van der Waals surface area contributed by atoms with Crippen LogP contribution in [-0.4, -0.2) is 57.9 Å². The normalized spacial score (nSPS) is 20.5. The highest BCUT2D eigenvalue weighted by Crippen LogP contribution is 2.36. The number of carbonyl (C=O) groups is 1. The molecule has 1 aromatic carbocycles. The lowest BCUT2D eigenvalue weighted by atomic mass is 9.78. The summed E-state index contributed by atoms with van der Waals surface area (Å²) >= 11 is 0. The smallest absolute Gasteiger partial charge is 0.399 e. The van der Waals surface area contributed by atoms with Gasteiger partial charge in [-0.05, 0) is 52.2 Å². The lowest BCUT2D eigenvalue weighted by Gasteiger charge is -2.34. The summed E-state index contributed by atoms with van der Waals surface area (Å²) in [6.07, 6.45) is 4.84. The largest absolute Gasteiger partial charge is 0.497 e. The molecule has 2 fully saturated rings. The third-order valence-corrected chi connectivity index (χ3v) is 6.74. The maximum atomic E-state index is 14.8. The van der Waals surface area contributed by atoms with Crippen molar-refractivity contribution in [3.63, 3.8) is 0 Å². The van der Waals surface area contributed by atoms with E-state index in [1.54, 1.807) is 29.2 Å². The SMILES string of the molecule is Cn1cnc(C(=O)N(Cc2ccc(F)c(B3OC(C)(C)C(C)(C)O3)c2)C2CCOCC2)c1. The Kier molecular flexibility index (Phi) is 6.18. The third-order valence-electron chi connectivity index (χ3n) is 6.74. The van der Waals surface area contributed by atoms with Crippen molar-refractivity contribution in [2.45, 2.75) is 64.3 Å². The van der Waals surface area contributed by atoms with E-state index in [1.807, 2.05) is 39.6 Å². The number of rotatable bonds is 5. The summed E-state index contributed by atoms with van der Waals surface area (Å²) in [5, 5.41) is 0. The van der Waals surface area contributed by atoms with Gasteiger partial charge in [-0.1, -0.05) is 12.1 Å². The maximum Gasteiger partial charge on any atom is 0.497 e. The molecule has 9 heteroatoms. The zero-order chi connectivity index (χ0) is 23.1. The number of amides is 1. The molecule has 32 heavy (non-hydrogen) atoms. The summed E-state index contributed by atoms with van der Waals surface area (Å²) in [6.45, 7) is 9.31. The second-order valence-corrected chi connectivity index (χ2v) is 9.65. The van der Waals surface area contributed by atoms with Crippen LogP contribution in [0.5, 0.6) is 0 Å². The van der Waals surface area contributed by atoms with Crippen LogP contribution >= 0.6 is 0 Å². The van der Waals surface area contributed by atoms with Gasteiger partial charge < -0.3 is 23.5 Å². The molecular formula is C23H31BFN3O4. The molecule has 2 aliphatic heterocycles. The number of imidazole rings is 1. The molecule has 0 atom stereocenters. The lowest BCUT2D eigenvalue weighted by molar-refractivity contribution is 0.00578. The predicted octanol–water partition coefficient (Wildman–Crippen LogP) is 2.68. The summed E-state index contributed by atoms with van der Waals surface area (Å²) in [6, 6.07) is 4.91. The molecule has 2 aliphatic rings. The highest BCUT2D eigenvalue weighted by Gasteiger charge is 2.52. The minimum atomic E-state index is -0.803. The van der Waals surface area contributed by atoms with Crippen LogP contribution in [0.25, 0.3) is 0 Å². The number of ether oxygens (including phenoxy) is 1. The van der Waals surface area contributed by atoms with E-state index in [0.717, 1.165) is 18.4 Å². The van der Waals surface area contributed by atoms with E-state index in [4.69, 9.17) is 14.0 Å². The van der Waals surface area contributed by atoms with Gasteiger partial charge in [-0.15, -0.1) is 0 Å². The van der Waals surface area contributed by atoms with Crippen molar-refractivity contribution in [1.82, 2.24) is 14.5 Å². The first-order valence-corrected chi connectivity index (χ1v) is 11.1. The molecule has 0 saturated carbocycles. The molecule has 0 N–H and O–H groups in total. The number of aryl methyl sites for hydroxylation is 1. The summed E-state index contributed by atoms with van der Waals surface area (Å²) in [5.41, 5.74) is 0.421. The average molecular weight is 443 g/mol. The van der Waals surface area contributed by atoms with Gasteiger partial charge in [0.1, 0.15) is 11.5 Å². The Bertz CT molecular complexity index is 971. The third kappa shape index (κ3) is 4.47. The second-order valence-electron chi connectivity index (χ2n) is 9.65. The summed E-state index contributed by atoms with van der Waals surface area (Å²) in [4.78, 5) is 19.4. The van der Waals surface area contributed by atoms with Gasteiger partial charge in [-0.25, -0.2) is 9.37 Å². The van der Waals surface area contributed by atoms with E-state index in [9.17, 15) is 9.18 Å². The van der Waals surface area contributed by atoms with Crippen LogP contribution in [0.3, 0.4) is 0 Å². The molecular weight excluding hydrogens is 412 g/mol. The molecule has 4 rings (SSSR count). The minimum absolute atomic E-state index is 0.0311. The van der Waals surface area contributed by atoms with Crippen LogP contribution in [0, 0.1) is 5.82 Å². The van der Waals surface area contributed by atoms with Gasteiger partial charge in [0.2, 0.25) is 0 Å². The van der Waals surface area contributed by atoms with Crippen molar-refractivity contribution >= 4 is 18.5 Å². The maximum absolute atomic E-state index is 14.8. The fraction of sp³-hybridized carbons (Fsp3) is 0.565. The first-order valence-electron chi connectivity index (χ1n) is 11.1. The van der Waals surface area contributed by atoms with Gasteiger partial charge in [0.25, 0.3) is 5.91 Å². The zero-order valence-electron chi connectivity index (χ0n) is 19.4. The molecule has 3 heterocycles. The topological polar surface area (TPSA) is 65.8 Å². The number of hydrogen-bond donors (Lipinski definition) is 0. The number of carbonyl (C=O) groups excluding carboxylic acids is 1. The Hall–Kier alpha value is -2.23. The van der Waals surface area contributed by atoms with Crippen LogP contribution in [0.15, 0.2) is 30.7 Å². The first kappa shape index (κ1) is 23.0. The van der Waals surface area contributed by atoms with Gasteiger partial charge in [0.15, 0.2) is 0 Å². The Balaban J connectivity index is 1.61. The van der Waals surface area contributed by atoms with Gasteiger partial charge in [0.05, 0.1) is 17.5 Å². The molecule has 2 aromatic rings. The molecule has 0 bridgehead atoms. The number of nitrogens with zero attached hydrogens (tertiary/aromatic N) is 3. The van der Waals surface area contributed by atoms with Gasteiger partial charge in [-0.3, -0.25) is 4.79 Å². The van der Waals surface area contributed by atoms with E-state index in [2.05, 4.69) is 4.98 Å². The fourth-order valence-corrected chi connectivity index (χ4v) is 4.07. The van der Waals surface area contributed by atoms with E-state index in [1.165, 1.54) is 6.07 Å². The average Bonchev–Trinajstić information content (AvgIpc) is 3.27. The lowest BCUT2D eigenvalue weighted by Crippen LogP contribution is -2.43. The summed E-state index contributed by atoms with van der Waals surface area (Å²) in [5.74, 6) is -0.528. The van der Waals surface area contributed by atoms with Crippen molar-refractivity contribution in [2.24, 2.45) is 7.05 Å². The Morgan fingerprint density at radius 1 is 1.22 bits per heavy atom. The quantitative estimate of drug-likeness (QED) is 0.665. The van der Waals surface area contributed by atoms with Gasteiger partial charge >= 0.3 is 7.12 Å². The van der Waals surface area contributed by atoms with Crippen LogP contribution < -0.4 is 5.46 Å². The molecule has 1 aromatic heterocycles. The van der Waals surface area contributed by atoms with Crippen molar-refractivity contribution in [2.75, 3.05) is 13.2 Å². The van der Waals surface area contributed by atoms with E-state index in [-0.39, 0.29) is 17.8 Å². The molecule has 172 valence electrons. The predicted molar refractivity (Wildman–Crippen MR) is 119 cm³/mol. The molecule has 0 radical (unpaired) electrons. The Morgan fingerprint density at radius 2 is 1.88 bits per heavy atom. The van der Waals surface area contributed by atoms with Crippen molar-refractivity contribution in [1.29, 1.82) is 0 Å². The van der Waals surface area contributed by atoms with Gasteiger partial charge in [0, 0.05) is 44.5 Å². The fourth-order valence-electron chi connectivity index (χ4n) is 4.07. The standard InChI is InChI=1S/C23H31BFN3O4/c1-22(2)23(3,4)32-24(31-22)18-12-16(6-7-19(18)25)13-28(17-8-10-30-11-9-17)21(29)20-14-27(5)15-26-20/h6-7,12,14-15,17H,8-11,13H2,1-5H3. The molecule has 1 amide bonds. The first-order chi connectivity index (χ1) is 15.1. The van der Waals surface area contributed by atoms with Crippen LogP contribution in [0.2, 0.25) is 0 Å². The number of aromatic nitrogens is 2. The Labute approximate surface area is 189 Å². The molecule has 0 aliphatic carbocycles. The van der Waals surface area contributed by atoms with Crippen LogP contribution in [0.1, 0.15) is 56.6 Å². The molecule has 7 nitrogen and oxygen atoms in total. The van der Waals surface area contributed by atoms with Crippen LogP contribution in [-0.2, 0) is 27.6 Å². The van der Waals surface area contributed by atoms with Crippen molar-refractivity contribution in [3.8, 4) is 0 Å². The monoisotopic (exact) mass is 443 g/mol. The highest BCUT2D eigenvalue weighted by molar-refractivity contribution is 6.62. The number of halogens is 1. The van der Waals surface area contributed by atoms with E-state index in [0.29, 0.717) is 30.9 Å². The molecule has 0 spiro atoms. The van der Waals surface area contributed by atoms with Crippen LogP contribution in [0.4, 0.5) is 4.39 Å². The van der Waals surface area contributed by atoms with Crippen molar-refractivity contribution < 1.29 is 23.2 Å². The molecule has 0 unspecified atom stereocenters. The summed E-state index contributed by atoms with van der Waals surface area (Å²) < 4.78 is 34.1. The second kappa shape index (κ2) is 8.61. The molecule has 2 saturated heterocycles. The summed E-state index contributed by atoms with van der Waals surface area (Å²) in [7, 11) is 1.03. The number of benzene rings is 1. The van der Waals surface area contributed by atoms with Crippen molar-refractivity contribution in [3.05, 3.63) is 47.8 Å². The minimum Gasteiger partial charge on any atom is -0.399 e. The van der Waals surface area contributed by atoms with E-state index < -0.39 is 18.3 Å². The van der Waals surface area contributed by atoms with Gasteiger partial charge in [-0.2, -0.15) is 0 Å².